The van der Waals surface area contributed by atoms with Gasteiger partial charge >= 0.3 is 12.1 Å². The summed E-state index contributed by atoms with van der Waals surface area (Å²) in [4.78, 5) is 54.1. The fourth-order valence-corrected chi connectivity index (χ4v) is 4.67. The topological polar surface area (TPSA) is 221 Å². The van der Waals surface area contributed by atoms with Crippen LogP contribution < -0.4 is 10.9 Å². The Bertz CT molecular complexity index is 1240. The Morgan fingerprint density at radius 1 is 1.30 bits per heavy atom. The zero-order valence-electron chi connectivity index (χ0n) is 19.3. The number of aliphatic carboxylic acids is 1. The number of phenols is 2. The number of nitrogens with zero attached hydrogens (tertiary/aromatic N) is 2. The lowest BCUT2D eigenvalue weighted by Crippen LogP contribution is -2.67. The van der Waals surface area contributed by atoms with Crippen molar-refractivity contribution in [2.75, 3.05) is 6.61 Å². The Morgan fingerprint density at radius 2 is 1.97 bits per heavy atom. The summed E-state index contributed by atoms with van der Waals surface area (Å²) < 4.78 is 26.6. The normalized spacial score (nSPS) is 21.2. The molecule has 2 heterocycles. The smallest absolute Gasteiger partial charge is 0.426 e. The first kappa shape index (κ1) is 27.8. The van der Waals surface area contributed by atoms with Crippen LogP contribution in [0.3, 0.4) is 0 Å². The number of rotatable bonds is 8. The molecule has 1 saturated heterocycles. The van der Waals surface area contributed by atoms with Crippen molar-refractivity contribution >= 4 is 51.9 Å². The van der Waals surface area contributed by atoms with E-state index in [4.69, 9.17) is 21.2 Å². The number of oxime groups is 1. The molecule has 202 valence electrons. The number of hydrogen-bond acceptors (Lipinski definition) is 11. The second-order valence-electron chi connectivity index (χ2n) is 8.53. The Labute approximate surface area is 215 Å². The maximum atomic E-state index is 12.3. The van der Waals surface area contributed by atoms with Crippen molar-refractivity contribution in [1.29, 1.82) is 0 Å². The number of carbonyl (C=O) groups excluding carboxylic acids is 3. The van der Waals surface area contributed by atoms with Crippen LogP contribution in [0.5, 0.6) is 11.5 Å². The molecule has 1 unspecified atom stereocenters. The van der Waals surface area contributed by atoms with Crippen molar-refractivity contribution in [3.05, 3.63) is 22.7 Å². The highest BCUT2D eigenvalue weighted by molar-refractivity contribution is 7.74. The largest absolute Gasteiger partial charge is 0.504 e. The van der Waals surface area contributed by atoms with Crippen LogP contribution in [0.25, 0.3) is 0 Å². The Kier molecular flexibility index (Phi) is 8.02. The predicted molar refractivity (Wildman–Crippen MR) is 125 cm³/mol. The van der Waals surface area contributed by atoms with Gasteiger partial charge in [0.25, 0.3) is 5.91 Å². The molecule has 3 amide bonds. The average Bonchev–Trinajstić information content (AvgIpc) is 3.32. The van der Waals surface area contributed by atoms with Gasteiger partial charge in [-0.25, -0.2) is 23.4 Å². The number of aromatic hydroxyl groups is 2. The number of phenolic OH excluding ortho intramolecular Hbond substituents is 2. The maximum Gasteiger partial charge on any atom is 0.426 e. The van der Waals surface area contributed by atoms with Crippen LogP contribution in [0.1, 0.15) is 32.3 Å². The summed E-state index contributed by atoms with van der Waals surface area (Å²) in [6.45, 7) is 1.65. The van der Waals surface area contributed by atoms with Gasteiger partial charge in [0, 0.05) is 24.4 Å². The molecule has 1 aromatic rings. The maximum absolute atomic E-state index is 12.3. The van der Waals surface area contributed by atoms with Gasteiger partial charge in [0.1, 0.15) is 11.4 Å². The van der Waals surface area contributed by atoms with E-state index in [1.165, 1.54) is 12.1 Å². The third-order valence-corrected chi connectivity index (χ3v) is 7.49. The fourth-order valence-electron chi connectivity index (χ4n) is 3.80. The molecular weight excluding hydrogens is 540 g/mol. The van der Waals surface area contributed by atoms with Gasteiger partial charge < -0.3 is 29.8 Å². The number of nitrogens with one attached hydrogen (secondary N) is 2. The molecule has 1 fully saturated rings. The van der Waals surface area contributed by atoms with E-state index in [0.29, 0.717) is 0 Å². The minimum Gasteiger partial charge on any atom is -0.504 e. The third-order valence-electron chi connectivity index (χ3n) is 5.90. The number of thiol groups is 1. The lowest BCUT2D eigenvalue weighted by atomic mass is 9.92. The number of likely N-dealkylation sites (tertiary alicyclic amines) is 1. The van der Waals surface area contributed by atoms with Gasteiger partial charge in [0.05, 0.1) is 10.7 Å². The number of carboxylic acids is 1. The molecular formula is C20H23ClN4O11S. The molecule has 0 aliphatic carbocycles. The van der Waals surface area contributed by atoms with Crippen molar-refractivity contribution in [3.8, 4) is 11.5 Å². The number of carbonyl (C=O) groups is 4. The first-order chi connectivity index (χ1) is 17.3. The highest BCUT2D eigenvalue weighted by atomic mass is 35.5. The van der Waals surface area contributed by atoms with E-state index in [2.05, 4.69) is 5.16 Å². The molecule has 0 saturated carbocycles. The van der Waals surface area contributed by atoms with Crippen LogP contribution >= 0.6 is 11.6 Å². The van der Waals surface area contributed by atoms with Gasteiger partial charge in [-0.05, 0) is 26.0 Å². The van der Waals surface area contributed by atoms with Gasteiger partial charge in [0.2, 0.25) is 12.0 Å². The SMILES string of the molecule is C[C@@H]1CC(=O)N1[C@@H](C(=O)O)[C@](C)(COC(=O)NNC(=O)C1CC(c2ccc(O)c(O)c2Cl)=NO1)[SH](=O)=O. The summed E-state index contributed by atoms with van der Waals surface area (Å²) in [5.41, 5.74) is 4.25. The van der Waals surface area contributed by atoms with E-state index in [1.54, 1.807) is 6.92 Å². The standard InChI is InChI=1S/C20H23ClN4O11S/c1-8-5-13(27)25(8)16(18(30)31)20(2,37(33)34)7-35-19(32)23-22-17(29)12-6-10(24-36-12)9-3-4-11(26)15(28)14(9)21/h3-4,8,12,16,26,28,37H,5-7H2,1-2H3,(H,22,29)(H,23,32)(H,30,31)/t8-,12?,16+,20+/m1/s1. The van der Waals surface area contributed by atoms with Crippen molar-refractivity contribution in [1.82, 2.24) is 15.8 Å². The second-order valence-corrected chi connectivity index (χ2v) is 10.4. The minimum absolute atomic E-state index is 0.0532. The molecule has 1 aromatic carbocycles. The molecule has 2 aliphatic rings. The number of hydrazine groups is 1. The second kappa shape index (κ2) is 10.7. The van der Waals surface area contributed by atoms with E-state index >= 15 is 0 Å². The lowest BCUT2D eigenvalue weighted by Gasteiger charge is -2.46. The summed E-state index contributed by atoms with van der Waals surface area (Å²) in [5.74, 6) is -4.06. The van der Waals surface area contributed by atoms with E-state index in [-0.39, 0.29) is 29.1 Å². The van der Waals surface area contributed by atoms with E-state index in [0.717, 1.165) is 11.8 Å². The summed E-state index contributed by atoms with van der Waals surface area (Å²) >= 11 is 5.97. The zero-order valence-corrected chi connectivity index (χ0v) is 21.0. The van der Waals surface area contributed by atoms with Crippen molar-refractivity contribution in [2.24, 2.45) is 5.16 Å². The van der Waals surface area contributed by atoms with Crippen LogP contribution in [-0.4, -0.2) is 87.8 Å². The summed E-state index contributed by atoms with van der Waals surface area (Å²) in [6.07, 6.45) is -2.60. The molecule has 15 nitrogen and oxygen atoms in total. The zero-order chi connectivity index (χ0) is 27.7. The molecule has 0 spiro atoms. The van der Waals surface area contributed by atoms with Crippen molar-refractivity contribution in [3.63, 3.8) is 0 Å². The number of amides is 3. The van der Waals surface area contributed by atoms with Crippen molar-refractivity contribution < 1.29 is 52.5 Å². The number of halogens is 1. The lowest BCUT2D eigenvalue weighted by molar-refractivity contribution is -0.163. The Hall–Kier alpha value is -3.79. The first-order valence-electron chi connectivity index (χ1n) is 10.6. The number of benzene rings is 1. The highest BCUT2D eigenvalue weighted by Gasteiger charge is 2.53. The van der Waals surface area contributed by atoms with E-state index < -0.39 is 75.6 Å². The average molecular weight is 563 g/mol. The van der Waals surface area contributed by atoms with Crippen molar-refractivity contribution in [2.45, 2.75) is 49.6 Å². The van der Waals surface area contributed by atoms with Gasteiger partial charge in [-0.2, -0.15) is 0 Å². The summed E-state index contributed by atoms with van der Waals surface area (Å²) in [7, 11) is -3.50. The molecule has 2 aliphatic heterocycles. The number of β-lactam (4-membered cyclic amide) rings is 1. The van der Waals surface area contributed by atoms with Crippen LogP contribution in [0.15, 0.2) is 17.3 Å². The molecule has 0 radical (unpaired) electrons. The number of hydrogen-bond donors (Lipinski definition) is 6. The quantitative estimate of drug-likeness (QED) is 0.102. The fraction of sp³-hybridized carbons (Fsp3) is 0.450. The van der Waals surface area contributed by atoms with Crippen LogP contribution in [0.4, 0.5) is 4.79 Å². The molecule has 0 bridgehead atoms. The van der Waals surface area contributed by atoms with Gasteiger partial charge in [0.15, 0.2) is 28.2 Å². The van der Waals surface area contributed by atoms with Crippen LogP contribution in [0, 0.1) is 0 Å². The third kappa shape index (κ3) is 5.48. The number of carboxylic acid groups (broad SMARTS) is 1. The predicted octanol–water partition coefficient (Wildman–Crippen LogP) is -0.554. The molecule has 3 rings (SSSR count). The van der Waals surface area contributed by atoms with E-state index in [1.807, 2.05) is 10.9 Å². The van der Waals surface area contributed by atoms with Crippen LogP contribution in [-0.2, 0) is 34.7 Å². The van der Waals surface area contributed by atoms with Crippen LogP contribution in [0.2, 0.25) is 5.02 Å². The molecule has 17 heteroatoms. The van der Waals surface area contributed by atoms with Gasteiger partial charge in [-0.1, -0.05) is 16.8 Å². The molecule has 0 aromatic heterocycles. The summed E-state index contributed by atoms with van der Waals surface area (Å²) in [6, 6.07) is 0.198. The summed E-state index contributed by atoms with van der Waals surface area (Å²) in [5, 5.41) is 32.3. The molecule has 4 atom stereocenters. The molecule has 37 heavy (non-hydrogen) atoms. The Morgan fingerprint density at radius 3 is 2.54 bits per heavy atom. The monoisotopic (exact) mass is 562 g/mol. The molecule has 5 N–H and O–H groups in total. The highest BCUT2D eigenvalue weighted by Crippen LogP contribution is 2.37. The van der Waals surface area contributed by atoms with E-state index in [9.17, 15) is 42.9 Å². The minimum atomic E-state index is -3.50. The Balaban J connectivity index is 1.56. The first-order valence-corrected chi connectivity index (χ1v) is 12.2. The number of ether oxygens (including phenoxy) is 1. The van der Waals surface area contributed by atoms with Gasteiger partial charge in [-0.3, -0.25) is 15.0 Å². The van der Waals surface area contributed by atoms with Gasteiger partial charge in [-0.15, -0.1) is 0 Å².